The van der Waals surface area contributed by atoms with E-state index in [1.165, 1.54) is 37.0 Å². The van der Waals surface area contributed by atoms with E-state index in [-0.39, 0.29) is 16.8 Å². The number of nitrogens with one attached hydrogen (secondary N) is 1. The van der Waals surface area contributed by atoms with Crippen molar-refractivity contribution in [2.75, 3.05) is 5.32 Å². The van der Waals surface area contributed by atoms with Crippen LogP contribution in [0.15, 0.2) is 11.6 Å². The molecule has 20 heavy (non-hydrogen) atoms. The predicted octanol–water partition coefficient (Wildman–Crippen LogP) is 3.68. The van der Waals surface area contributed by atoms with Crippen LogP contribution in [0.1, 0.15) is 39.0 Å². The second-order valence-electron chi connectivity index (χ2n) is 5.46. The number of nitrogens with zero attached hydrogens (tertiary/aromatic N) is 3. The highest BCUT2D eigenvalue weighted by Crippen LogP contribution is 2.32. The van der Waals surface area contributed by atoms with Crippen LogP contribution in [0.5, 0.6) is 0 Å². The fourth-order valence-corrected chi connectivity index (χ4v) is 3.64. The average Bonchev–Trinajstić information content (AvgIpc) is 2.89. The van der Waals surface area contributed by atoms with E-state index in [4.69, 9.17) is 0 Å². The van der Waals surface area contributed by atoms with Crippen molar-refractivity contribution in [2.24, 2.45) is 5.92 Å². The average molecular weight is 294 g/mol. The molecule has 2 heterocycles. The molecule has 0 saturated heterocycles. The standard InChI is InChI=1S/C13H18N4O2S/c1-9-5-3-2-4-6-10(9)14-11-12(17(18)19)16-7-8-20-13(16)15-11/h7-10,14H,2-6H2,1H3. The van der Waals surface area contributed by atoms with Gasteiger partial charge in [-0.25, -0.2) is 0 Å². The minimum atomic E-state index is -0.351. The summed E-state index contributed by atoms with van der Waals surface area (Å²) in [6.07, 6.45) is 7.62. The predicted molar refractivity (Wildman–Crippen MR) is 79.4 cm³/mol. The summed E-state index contributed by atoms with van der Waals surface area (Å²) < 4.78 is 1.55. The Balaban J connectivity index is 1.91. The number of hydrogen-bond acceptors (Lipinski definition) is 5. The first kappa shape index (κ1) is 13.4. The van der Waals surface area contributed by atoms with Crippen molar-refractivity contribution in [3.05, 3.63) is 21.7 Å². The van der Waals surface area contributed by atoms with Crippen LogP contribution in [0.3, 0.4) is 0 Å². The van der Waals surface area contributed by atoms with Crippen LogP contribution >= 0.6 is 11.3 Å². The van der Waals surface area contributed by atoms with Crippen molar-refractivity contribution in [1.29, 1.82) is 0 Å². The monoisotopic (exact) mass is 294 g/mol. The van der Waals surface area contributed by atoms with Gasteiger partial charge in [0.25, 0.3) is 4.96 Å². The molecule has 1 aliphatic rings. The zero-order valence-corrected chi connectivity index (χ0v) is 12.2. The molecule has 1 N–H and O–H groups in total. The van der Waals surface area contributed by atoms with E-state index in [2.05, 4.69) is 17.2 Å². The van der Waals surface area contributed by atoms with Gasteiger partial charge in [0.05, 0.1) is 0 Å². The molecule has 1 aliphatic carbocycles. The van der Waals surface area contributed by atoms with E-state index in [0.29, 0.717) is 16.7 Å². The highest BCUT2D eigenvalue weighted by atomic mass is 32.1. The fraction of sp³-hybridized carbons (Fsp3) is 0.615. The normalized spacial score (nSPS) is 23.6. The van der Waals surface area contributed by atoms with Gasteiger partial charge in [-0.2, -0.15) is 9.38 Å². The summed E-state index contributed by atoms with van der Waals surface area (Å²) in [6.45, 7) is 2.22. The third-order valence-corrected chi connectivity index (χ3v) is 4.85. The number of aromatic nitrogens is 2. The Kier molecular flexibility index (Phi) is 3.60. The van der Waals surface area contributed by atoms with Crippen molar-refractivity contribution in [3.63, 3.8) is 0 Å². The molecule has 6 nitrogen and oxygen atoms in total. The maximum absolute atomic E-state index is 11.3. The van der Waals surface area contributed by atoms with Gasteiger partial charge >= 0.3 is 5.82 Å². The number of hydrogen-bond donors (Lipinski definition) is 1. The van der Waals surface area contributed by atoms with Gasteiger partial charge in [-0.05, 0) is 23.7 Å². The van der Waals surface area contributed by atoms with Gasteiger partial charge in [0, 0.05) is 11.4 Å². The minimum absolute atomic E-state index is 0.0534. The van der Waals surface area contributed by atoms with Gasteiger partial charge in [-0.15, -0.1) is 0 Å². The molecule has 108 valence electrons. The molecule has 1 saturated carbocycles. The summed E-state index contributed by atoms with van der Waals surface area (Å²) >= 11 is 1.41. The van der Waals surface area contributed by atoms with Crippen molar-refractivity contribution < 1.29 is 4.92 Å². The Bertz CT molecular complexity index is 621. The molecule has 0 amide bonds. The number of thiazole rings is 1. The van der Waals surface area contributed by atoms with Crippen LogP contribution in [0.25, 0.3) is 4.96 Å². The molecule has 7 heteroatoms. The molecule has 0 radical (unpaired) electrons. The van der Waals surface area contributed by atoms with Crippen molar-refractivity contribution in [3.8, 4) is 0 Å². The quantitative estimate of drug-likeness (QED) is 0.532. The van der Waals surface area contributed by atoms with Crippen LogP contribution in [-0.4, -0.2) is 20.3 Å². The van der Waals surface area contributed by atoms with Gasteiger partial charge in [0.2, 0.25) is 5.82 Å². The van der Waals surface area contributed by atoms with E-state index in [1.807, 2.05) is 5.38 Å². The summed E-state index contributed by atoms with van der Waals surface area (Å²) in [6, 6.07) is 0.279. The number of imidazole rings is 1. The lowest BCUT2D eigenvalue weighted by Crippen LogP contribution is -2.26. The molecule has 3 rings (SSSR count). The SMILES string of the molecule is CC1CCCCCC1Nc1nc2sccn2c1[N+](=O)[O-]. The van der Waals surface area contributed by atoms with Crippen LogP contribution < -0.4 is 5.32 Å². The number of anilines is 1. The van der Waals surface area contributed by atoms with Crippen molar-refractivity contribution in [1.82, 2.24) is 9.38 Å². The first-order chi connectivity index (χ1) is 9.66. The van der Waals surface area contributed by atoms with Gasteiger partial charge in [-0.1, -0.05) is 37.5 Å². The maximum atomic E-state index is 11.3. The topological polar surface area (TPSA) is 72.5 Å². The molecule has 2 aromatic heterocycles. The van der Waals surface area contributed by atoms with E-state index < -0.39 is 0 Å². The van der Waals surface area contributed by atoms with E-state index in [0.717, 1.165) is 6.42 Å². The van der Waals surface area contributed by atoms with Gasteiger partial charge in [0.15, 0.2) is 0 Å². The highest BCUT2D eigenvalue weighted by Gasteiger charge is 2.28. The van der Waals surface area contributed by atoms with E-state index in [9.17, 15) is 10.1 Å². The van der Waals surface area contributed by atoms with Gasteiger partial charge in [0.1, 0.15) is 6.20 Å². The van der Waals surface area contributed by atoms with Crippen LogP contribution in [0.4, 0.5) is 11.6 Å². The summed E-state index contributed by atoms with van der Waals surface area (Å²) in [4.78, 5) is 16.0. The number of nitro groups is 1. The number of rotatable bonds is 3. The molecular weight excluding hydrogens is 276 g/mol. The number of fused-ring (bicyclic) bond motifs is 1. The highest BCUT2D eigenvalue weighted by molar-refractivity contribution is 7.15. The third kappa shape index (κ3) is 2.37. The summed E-state index contributed by atoms with van der Waals surface area (Å²) in [5.41, 5.74) is 0. The summed E-state index contributed by atoms with van der Waals surface area (Å²) in [5.74, 6) is 0.995. The lowest BCUT2D eigenvalue weighted by Gasteiger charge is -2.22. The first-order valence-electron chi connectivity index (χ1n) is 7.03. The molecule has 2 unspecified atom stereocenters. The lowest BCUT2D eigenvalue weighted by atomic mass is 9.97. The largest absolute Gasteiger partial charge is 0.372 e. The third-order valence-electron chi connectivity index (χ3n) is 4.09. The Hall–Kier alpha value is -1.63. The second-order valence-corrected chi connectivity index (χ2v) is 6.34. The van der Waals surface area contributed by atoms with Crippen LogP contribution in [0, 0.1) is 16.0 Å². The maximum Gasteiger partial charge on any atom is 0.372 e. The Morgan fingerprint density at radius 2 is 2.25 bits per heavy atom. The first-order valence-corrected chi connectivity index (χ1v) is 7.91. The minimum Gasteiger partial charge on any atom is -0.360 e. The Labute approximate surface area is 121 Å². The lowest BCUT2D eigenvalue weighted by molar-refractivity contribution is -0.389. The van der Waals surface area contributed by atoms with Crippen LogP contribution in [0.2, 0.25) is 0 Å². The van der Waals surface area contributed by atoms with Gasteiger partial charge in [-0.3, -0.25) is 0 Å². The summed E-state index contributed by atoms with van der Waals surface area (Å²) in [5, 5.41) is 16.4. The Morgan fingerprint density at radius 1 is 1.45 bits per heavy atom. The molecule has 0 aliphatic heterocycles. The smallest absolute Gasteiger partial charge is 0.360 e. The second kappa shape index (κ2) is 5.40. The molecule has 0 bridgehead atoms. The van der Waals surface area contributed by atoms with E-state index >= 15 is 0 Å². The van der Waals surface area contributed by atoms with Crippen molar-refractivity contribution in [2.45, 2.75) is 45.1 Å². The molecule has 0 aromatic carbocycles. The van der Waals surface area contributed by atoms with E-state index in [1.54, 1.807) is 10.6 Å². The van der Waals surface area contributed by atoms with Crippen molar-refractivity contribution >= 4 is 27.9 Å². The molecular formula is C13H18N4O2S. The Morgan fingerprint density at radius 3 is 3.05 bits per heavy atom. The molecule has 0 spiro atoms. The molecule has 2 atom stereocenters. The molecule has 2 aromatic rings. The zero-order chi connectivity index (χ0) is 14.1. The zero-order valence-electron chi connectivity index (χ0n) is 11.4. The van der Waals surface area contributed by atoms with Gasteiger partial charge < -0.3 is 15.4 Å². The van der Waals surface area contributed by atoms with Crippen LogP contribution in [-0.2, 0) is 0 Å². The summed E-state index contributed by atoms with van der Waals surface area (Å²) in [7, 11) is 0. The molecule has 1 fully saturated rings. The fourth-order valence-electron chi connectivity index (χ4n) is 2.93.